The van der Waals surface area contributed by atoms with Gasteiger partial charge in [-0.25, -0.2) is 9.67 Å². The van der Waals surface area contributed by atoms with Crippen molar-refractivity contribution in [3.8, 4) is 22.8 Å². The number of hydrogen-bond donors (Lipinski definition) is 1. The maximum Gasteiger partial charge on any atom is 0.432 e. The lowest BCUT2D eigenvalue weighted by Crippen LogP contribution is -2.36. The number of fused-ring (bicyclic) bond motifs is 1. The van der Waals surface area contributed by atoms with Crippen molar-refractivity contribution in [2.45, 2.75) is 52.5 Å². The van der Waals surface area contributed by atoms with Gasteiger partial charge in [-0.2, -0.15) is 23.4 Å². The minimum atomic E-state index is -4.48. The lowest BCUT2D eigenvalue weighted by Gasteiger charge is -2.27. The molecule has 0 spiro atoms. The number of alkyl halides is 3. The molecule has 0 bridgehead atoms. The molecular weight excluding hydrogens is 459 g/mol. The maximum atomic E-state index is 12.9. The Labute approximate surface area is 199 Å². The number of nitrogens with zero attached hydrogens (tertiary/aromatic N) is 6. The fraction of sp³-hybridized carbons (Fsp3) is 0.333. The van der Waals surface area contributed by atoms with E-state index in [9.17, 15) is 18.0 Å². The molecule has 1 aromatic carbocycles. The largest absolute Gasteiger partial charge is 0.432 e. The van der Waals surface area contributed by atoms with Crippen LogP contribution in [0.5, 0.6) is 0 Å². The Balaban J connectivity index is 1.41. The summed E-state index contributed by atoms with van der Waals surface area (Å²) in [4.78, 5) is 20.7. The molecule has 8 nitrogen and oxygen atoms in total. The molecule has 1 amide bonds. The van der Waals surface area contributed by atoms with Gasteiger partial charge < -0.3 is 4.98 Å². The van der Waals surface area contributed by atoms with E-state index in [2.05, 4.69) is 28.9 Å². The van der Waals surface area contributed by atoms with Gasteiger partial charge in [0, 0.05) is 24.1 Å². The van der Waals surface area contributed by atoms with Gasteiger partial charge in [0.1, 0.15) is 23.0 Å². The molecular formula is C24H24F3N7O. The monoisotopic (exact) mass is 483 g/mol. The Morgan fingerprint density at radius 1 is 1.14 bits per heavy atom. The molecule has 3 aromatic heterocycles. The summed E-state index contributed by atoms with van der Waals surface area (Å²) in [7, 11) is 0. The van der Waals surface area contributed by atoms with Gasteiger partial charge in [-0.05, 0) is 31.9 Å². The van der Waals surface area contributed by atoms with Gasteiger partial charge >= 0.3 is 6.18 Å². The van der Waals surface area contributed by atoms with E-state index < -0.39 is 11.9 Å². The minimum Gasteiger partial charge on any atom is -0.334 e. The second-order valence-corrected chi connectivity index (χ2v) is 8.90. The first kappa shape index (κ1) is 22.9. The van der Waals surface area contributed by atoms with Crippen molar-refractivity contribution in [3.05, 3.63) is 59.5 Å². The molecule has 4 aromatic rings. The topological polar surface area (TPSA) is 84.6 Å². The van der Waals surface area contributed by atoms with Crippen LogP contribution in [0.1, 0.15) is 43.1 Å². The summed E-state index contributed by atoms with van der Waals surface area (Å²) in [6.45, 7) is 6.91. The van der Waals surface area contributed by atoms with Gasteiger partial charge in [-0.1, -0.05) is 24.3 Å². The molecule has 0 radical (unpaired) electrons. The third-order valence-corrected chi connectivity index (χ3v) is 6.03. The van der Waals surface area contributed by atoms with Gasteiger partial charge in [-0.3, -0.25) is 14.4 Å². The molecule has 1 N–H and O–H groups in total. The van der Waals surface area contributed by atoms with Crippen molar-refractivity contribution in [3.63, 3.8) is 0 Å². The second-order valence-electron chi connectivity index (χ2n) is 8.90. The van der Waals surface area contributed by atoms with Crippen molar-refractivity contribution < 1.29 is 18.0 Å². The van der Waals surface area contributed by atoms with E-state index in [0.29, 0.717) is 30.9 Å². The van der Waals surface area contributed by atoms with Gasteiger partial charge in [0.15, 0.2) is 0 Å². The molecule has 0 fully saturated rings. The minimum absolute atomic E-state index is 0.0111. The Kier molecular flexibility index (Phi) is 5.49. The van der Waals surface area contributed by atoms with E-state index in [1.54, 1.807) is 29.2 Å². The molecule has 0 atom stereocenters. The summed E-state index contributed by atoms with van der Waals surface area (Å²) >= 11 is 0. The van der Waals surface area contributed by atoms with Gasteiger partial charge in [0.25, 0.3) is 0 Å². The summed E-state index contributed by atoms with van der Waals surface area (Å²) < 4.78 is 42.3. The van der Waals surface area contributed by atoms with Crippen LogP contribution in [0.2, 0.25) is 0 Å². The first-order valence-electron chi connectivity index (χ1n) is 11.3. The number of nitrogens with one attached hydrogen (secondary N) is 1. The average molecular weight is 483 g/mol. The quantitative estimate of drug-likeness (QED) is 0.434. The highest BCUT2D eigenvalue weighted by Gasteiger charge is 2.33. The number of hydrogen-bond acceptors (Lipinski definition) is 4. The molecule has 0 unspecified atom stereocenters. The van der Waals surface area contributed by atoms with Crippen molar-refractivity contribution in [2.75, 3.05) is 4.90 Å². The molecule has 0 saturated heterocycles. The summed E-state index contributed by atoms with van der Waals surface area (Å²) in [5.74, 6) is 0.831. The smallest absolute Gasteiger partial charge is 0.334 e. The highest BCUT2D eigenvalue weighted by atomic mass is 19.4. The van der Waals surface area contributed by atoms with Gasteiger partial charge in [-0.15, -0.1) is 0 Å². The Bertz CT molecular complexity index is 1380. The van der Waals surface area contributed by atoms with Crippen molar-refractivity contribution in [1.29, 1.82) is 0 Å². The predicted molar refractivity (Wildman–Crippen MR) is 123 cm³/mol. The molecule has 11 heteroatoms. The van der Waals surface area contributed by atoms with Crippen LogP contribution in [0, 0.1) is 6.92 Å². The van der Waals surface area contributed by atoms with E-state index in [0.717, 1.165) is 28.7 Å². The Morgan fingerprint density at radius 2 is 1.89 bits per heavy atom. The molecule has 0 saturated carbocycles. The Morgan fingerprint density at radius 3 is 2.54 bits per heavy atom. The number of aryl methyl sites for hydroxylation is 2. The first-order valence-corrected chi connectivity index (χ1v) is 11.3. The number of amides is 1. The highest BCUT2D eigenvalue weighted by molar-refractivity contribution is 5.94. The van der Waals surface area contributed by atoms with Crippen LogP contribution in [-0.4, -0.2) is 35.4 Å². The fourth-order valence-corrected chi connectivity index (χ4v) is 4.26. The number of imidazole rings is 1. The number of rotatable bonds is 5. The fourth-order valence-electron chi connectivity index (χ4n) is 4.26. The lowest BCUT2D eigenvalue weighted by molar-refractivity contribution is -0.140. The number of carbonyl (C=O) groups is 1. The van der Waals surface area contributed by atoms with Gasteiger partial charge in [0.05, 0.1) is 31.2 Å². The van der Waals surface area contributed by atoms with Crippen molar-refractivity contribution >= 4 is 11.7 Å². The summed E-state index contributed by atoms with van der Waals surface area (Å²) in [5, 5.41) is 9.22. The molecule has 35 heavy (non-hydrogen) atoms. The van der Waals surface area contributed by atoms with Crippen LogP contribution in [0.25, 0.3) is 22.8 Å². The van der Waals surface area contributed by atoms with E-state index >= 15 is 0 Å². The molecule has 0 aliphatic carbocycles. The number of benzene rings is 1. The van der Waals surface area contributed by atoms with Crippen LogP contribution < -0.4 is 4.90 Å². The summed E-state index contributed by atoms with van der Waals surface area (Å²) in [6, 6.07) is 9.02. The van der Waals surface area contributed by atoms with Gasteiger partial charge in [0.2, 0.25) is 5.91 Å². The van der Waals surface area contributed by atoms with Crippen LogP contribution in [0.15, 0.2) is 42.7 Å². The molecule has 4 heterocycles. The highest BCUT2D eigenvalue weighted by Crippen LogP contribution is 2.33. The summed E-state index contributed by atoms with van der Waals surface area (Å²) in [6.07, 6.45) is -1.55. The van der Waals surface area contributed by atoms with E-state index in [1.165, 1.54) is 0 Å². The first-order chi connectivity index (χ1) is 16.6. The van der Waals surface area contributed by atoms with Crippen LogP contribution in [0.3, 0.4) is 0 Å². The van der Waals surface area contributed by atoms with Crippen LogP contribution >= 0.6 is 0 Å². The summed E-state index contributed by atoms with van der Waals surface area (Å²) in [5.41, 5.74) is 3.17. The molecule has 5 rings (SSSR count). The van der Waals surface area contributed by atoms with E-state index in [4.69, 9.17) is 5.10 Å². The number of halogens is 3. The average Bonchev–Trinajstić information content (AvgIpc) is 3.53. The molecule has 182 valence electrons. The normalized spacial score (nSPS) is 14.1. The predicted octanol–water partition coefficient (Wildman–Crippen LogP) is 4.98. The molecule has 1 aliphatic rings. The number of H-pyrrole nitrogens is 1. The SMILES string of the molecule is Cc1cnn(C(C)C)c1-c1cc2n(n1)CCC(=O)N2Cc1ccc(-c2ncc(C(F)(F)F)[nH]2)cc1. The zero-order valence-electron chi connectivity index (χ0n) is 19.5. The number of aromatic nitrogens is 6. The van der Waals surface area contributed by atoms with Crippen molar-refractivity contribution in [1.82, 2.24) is 29.5 Å². The Hall–Kier alpha value is -3.89. The number of aromatic amines is 1. The van der Waals surface area contributed by atoms with Crippen LogP contribution in [-0.2, 0) is 24.1 Å². The second kappa shape index (κ2) is 8.40. The standard InChI is InChI=1S/C24H24F3N7O/c1-14(2)34-22(15(3)11-29-34)18-10-20-32(21(35)8-9-33(20)31-18)13-16-4-6-17(7-5-16)23-28-12-19(30-23)24(25,26)27/h4-7,10-12,14H,8-9,13H2,1-3H3,(H,28,30). The molecule has 1 aliphatic heterocycles. The van der Waals surface area contributed by atoms with Crippen LogP contribution in [0.4, 0.5) is 19.0 Å². The zero-order valence-corrected chi connectivity index (χ0v) is 19.5. The van der Waals surface area contributed by atoms with Crippen molar-refractivity contribution in [2.24, 2.45) is 0 Å². The zero-order chi connectivity index (χ0) is 24.9. The number of carbonyl (C=O) groups excluding carboxylic acids is 1. The third-order valence-electron chi connectivity index (χ3n) is 6.03. The maximum absolute atomic E-state index is 12.9. The number of anilines is 1. The third kappa shape index (κ3) is 4.22. The van der Waals surface area contributed by atoms with E-state index in [-0.39, 0.29) is 17.8 Å². The lowest BCUT2D eigenvalue weighted by atomic mass is 10.1. The van der Waals surface area contributed by atoms with E-state index in [1.807, 2.05) is 28.6 Å².